The SMILES string of the molecule is Cc1ccc(N2CCCN(Cc3ccc(OC(F)(F)F)cc3)C2=O)c(NC(=O)c2ccc(C)c([N+](=O)[O-])c2)c1. The number of ether oxygens (including phenoxy) is 1. The predicted molar refractivity (Wildman–Crippen MR) is 138 cm³/mol. The molecule has 1 N–H and O–H groups in total. The summed E-state index contributed by atoms with van der Waals surface area (Å²) in [6, 6.07) is 14.4. The number of halogens is 3. The van der Waals surface area contributed by atoms with Crippen molar-refractivity contribution in [3.05, 3.63) is 93.0 Å². The van der Waals surface area contributed by atoms with Crippen molar-refractivity contribution < 1.29 is 32.4 Å². The van der Waals surface area contributed by atoms with Crippen LogP contribution >= 0.6 is 0 Å². The molecular weight excluding hydrogens is 517 g/mol. The van der Waals surface area contributed by atoms with Gasteiger partial charge in [0, 0.05) is 36.8 Å². The van der Waals surface area contributed by atoms with E-state index in [2.05, 4.69) is 10.1 Å². The lowest BCUT2D eigenvalue weighted by Gasteiger charge is -2.36. The zero-order valence-corrected chi connectivity index (χ0v) is 21.1. The van der Waals surface area contributed by atoms with Crippen LogP contribution in [0.1, 0.15) is 33.5 Å². The Morgan fingerprint density at radius 1 is 1.05 bits per heavy atom. The van der Waals surface area contributed by atoms with E-state index in [-0.39, 0.29) is 29.6 Å². The van der Waals surface area contributed by atoms with Crippen LogP contribution in [0.2, 0.25) is 0 Å². The highest BCUT2D eigenvalue weighted by Crippen LogP contribution is 2.31. The summed E-state index contributed by atoms with van der Waals surface area (Å²) in [4.78, 5) is 40.3. The summed E-state index contributed by atoms with van der Waals surface area (Å²) in [5.41, 5.74) is 2.63. The molecule has 1 fully saturated rings. The maximum Gasteiger partial charge on any atom is 0.573 e. The number of rotatable bonds is 7. The number of nitrogens with zero attached hydrogens (tertiary/aromatic N) is 3. The molecule has 204 valence electrons. The molecule has 1 saturated heterocycles. The summed E-state index contributed by atoms with van der Waals surface area (Å²) in [5.74, 6) is -0.913. The molecule has 12 heteroatoms. The maximum absolute atomic E-state index is 13.4. The number of carbonyl (C=O) groups excluding carboxylic acids is 2. The van der Waals surface area contributed by atoms with Gasteiger partial charge in [0.1, 0.15) is 5.75 Å². The third kappa shape index (κ3) is 6.64. The van der Waals surface area contributed by atoms with Gasteiger partial charge in [0.15, 0.2) is 0 Å². The first kappa shape index (κ1) is 27.4. The lowest BCUT2D eigenvalue weighted by Crippen LogP contribution is -2.49. The van der Waals surface area contributed by atoms with Gasteiger partial charge in [-0.15, -0.1) is 13.2 Å². The van der Waals surface area contributed by atoms with Crippen LogP contribution in [0.4, 0.5) is 35.0 Å². The lowest BCUT2D eigenvalue weighted by molar-refractivity contribution is -0.385. The monoisotopic (exact) mass is 542 g/mol. The molecule has 0 aromatic heterocycles. The summed E-state index contributed by atoms with van der Waals surface area (Å²) in [6.45, 7) is 4.40. The first-order valence-electron chi connectivity index (χ1n) is 12.0. The van der Waals surface area contributed by atoms with Gasteiger partial charge in [0.05, 0.1) is 16.3 Å². The van der Waals surface area contributed by atoms with Crippen molar-refractivity contribution in [1.29, 1.82) is 0 Å². The second-order valence-electron chi connectivity index (χ2n) is 9.13. The largest absolute Gasteiger partial charge is 0.573 e. The first-order valence-corrected chi connectivity index (χ1v) is 12.0. The second kappa shape index (κ2) is 11.0. The molecule has 4 rings (SSSR count). The molecule has 0 atom stereocenters. The van der Waals surface area contributed by atoms with E-state index < -0.39 is 17.2 Å². The molecule has 3 aromatic carbocycles. The second-order valence-corrected chi connectivity index (χ2v) is 9.13. The Balaban J connectivity index is 1.53. The van der Waals surface area contributed by atoms with Gasteiger partial charge >= 0.3 is 12.4 Å². The third-order valence-electron chi connectivity index (χ3n) is 6.20. The molecule has 3 aromatic rings. The van der Waals surface area contributed by atoms with Gasteiger partial charge in [-0.1, -0.05) is 24.3 Å². The van der Waals surface area contributed by atoms with E-state index in [1.54, 1.807) is 30.0 Å². The molecule has 0 unspecified atom stereocenters. The molecule has 0 aliphatic carbocycles. The molecule has 0 spiro atoms. The standard InChI is InChI=1S/C27H25F3N4O5/c1-17-4-11-23(22(14-17)31-25(35)20-8-5-18(2)24(15-20)34(37)38)33-13-3-12-32(26(33)36)16-19-6-9-21(10-7-19)39-27(28,29)30/h4-11,14-15H,3,12-13,16H2,1-2H3,(H,31,35). The molecule has 0 radical (unpaired) electrons. The highest BCUT2D eigenvalue weighted by molar-refractivity contribution is 6.08. The number of nitro groups is 1. The van der Waals surface area contributed by atoms with Crippen molar-refractivity contribution in [2.45, 2.75) is 33.2 Å². The molecule has 1 heterocycles. The minimum absolute atomic E-state index is 0.101. The number of carbonyl (C=O) groups is 2. The van der Waals surface area contributed by atoms with Gasteiger partial charge < -0.3 is 15.0 Å². The van der Waals surface area contributed by atoms with Crippen molar-refractivity contribution in [3.63, 3.8) is 0 Å². The van der Waals surface area contributed by atoms with Crippen LogP contribution in [0.15, 0.2) is 60.7 Å². The van der Waals surface area contributed by atoms with Crippen molar-refractivity contribution in [2.75, 3.05) is 23.3 Å². The number of alkyl halides is 3. The highest BCUT2D eigenvalue weighted by atomic mass is 19.4. The van der Waals surface area contributed by atoms with Gasteiger partial charge in [-0.2, -0.15) is 0 Å². The summed E-state index contributed by atoms with van der Waals surface area (Å²) < 4.78 is 41.2. The lowest BCUT2D eigenvalue weighted by atomic mass is 10.1. The van der Waals surface area contributed by atoms with Crippen molar-refractivity contribution in [3.8, 4) is 5.75 Å². The predicted octanol–water partition coefficient (Wildman–Crippen LogP) is 6.19. The number of nitrogens with one attached hydrogen (secondary N) is 1. The average molecular weight is 543 g/mol. The summed E-state index contributed by atoms with van der Waals surface area (Å²) in [5, 5.41) is 14.1. The number of hydrogen-bond donors (Lipinski definition) is 1. The normalized spacial score (nSPS) is 13.8. The van der Waals surface area contributed by atoms with Crippen molar-refractivity contribution in [1.82, 2.24) is 4.90 Å². The van der Waals surface area contributed by atoms with E-state index in [4.69, 9.17) is 0 Å². The van der Waals surface area contributed by atoms with Crippen molar-refractivity contribution in [2.24, 2.45) is 0 Å². The van der Waals surface area contributed by atoms with E-state index in [0.29, 0.717) is 42.0 Å². The molecule has 1 aliphatic heterocycles. The fourth-order valence-electron chi connectivity index (χ4n) is 4.30. The van der Waals surface area contributed by atoms with Crippen LogP contribution in [-0.4, -0.2) is 41.2 Å². The molecule has 0 bridgehead atoms. The van der Waals surface area contributed by atoms with Gasteiger partial charge in [-0.05, 0) is 61.7 Å². The minimum atomic E-state index is -4.79. The fourth-order valence-corrected chi connectivity index (χ4v) is 4.30. The topological polar surface area (TPSA) is 105 Å². The Labute approximate surface area is 221 Å². The number of amides is 3. The Morgan fingerprint density at radius 2 is 1.77 bits per heavy atom. The van der Waals surface area contributed by atoms with Gasteiger partial charge in [0.2, 0.25) is 0 Å². The van der Waals surface area contributed by atoms with E-state index in [9.17, 15) is 32.9 Å². The zero-order valence-electron chi connectivity index (χ0n) is 21.1. The van der Waals surface area contributed by atoms with Crippen LogP contribution in [0.5, 0.6) is 5.75 Å². The van der Waals surface area contributed by atoms with E-state index >= 15 is 0 Å². The number of hydrogen-bond acceptors (Lipinski definition) is 5. The average Bonchev–Trinajstić information content (AvgIpc) is 2.86. The van der Waals surface area contributed by atoms with Gasteiger partial charge in [-0.3, -0.25) is 19.8 Å². The number of aryl methyl sites for hydroxylation is 2. The highest BCUT2D eigenvalue weighted by Gasteiger charge is 2.31. The molecule has 9 nitrogen and oxygen atoms in total. The molecule has 3 amide bonds. The minimum Gasteiger partial charge on any atom is -0.406 e. The Kier molecular flexibility index (Phi) is 7.75. The zero-order chi connectivity index (χ0) is 28.3. The van der Waals surface area contributed by atoms with Crippen molar-refractivity contribution >= 4 is 29.0 Å². The number of anilines is 2. The fraction of sp³-hybridized carbons (Fsp3) is 0.259. The Bertz CT molecular complexity index is 1410. The van der Waals surface area contributed by atoms with E-state index in [1.165, 1.54) is 47.4 Å². The van der Waals surface area contributed by atoms with E-state index in [1.807, 2.05) is 6.92 Å². The summed E-state index contributed by atoms with van der Waals surface area (Å²) in [6.07, 6.45) is -4.17. The molecular formula is C27H25F3N4O5. The first-order chi connectivity index (χ1) is 18.4. The van der Waals surface area contributed by atoms with Crippen LogP contribution in [-0.2, 0) is 6.54 Å². The maximum atomic E-state index is 13.4. The van der Waals surface area contributed by atoms with Gasteiger partial charge in [0.25, 0.3) is 11.6 Å². The number of nitro benzene ring substituents is 1. The third-order valence-corrected chi connectivity index (χ3v) is 6.20. The van der Waals surface area contributed by atoms with Gasteiger partial charge in [-0.25, -0.2) is 4.79 Å². The Morgan fingerprint density at radius 3 is 2.44 bits per heavy atom. The van der Waals surface area contributed by atoms with Crippen LogP contribution in [0.25, 0.3) is 0 Å². The molecule has 0 saturated carbocycles. The molecule has 39 heavy (non-hydrogen) atoms. The summed E-state index contributed by atoms with van der Waals surface area (Å²) in [7, 11) is 0. The quantitative estimate of drug-likeness (QED) is 0.283. The number of benzene rings is 3. The summed E-state index contributed by atoms with van der Waals surface area (Å²) >= 11 is 0. The van der Waals surface area contributed by atoms with E-state index in [0.717, 1.165) is 5.56 Å². The van der Waals surface area contributed by atoms with Crippen LogP contribution < -0.4 is 15.0 Å². The smallest absolute Gasteiger partial charge is 0.406 e. The van der Waals surface area contributed by atoms with Crippen LogP contribution in [0.3, 0.4) is 0 Å². The number of urea groups is 1. The Hall–Kier alpha value is -4.61. The molecule has 1 aliphatic rings. The van der Waals surface area contributed by atoms with Crippen LogP contribution in [0, 0.1) is 24.0 Å².